The van der Waals surface area contributed by atoms with Crippen LogP contribution in [-0.2, 0) is 0 Å². The highest BCUT2D eigenvalue weighted by Gasteiger charge is 2.26. The minimum Gasteiger partial charge on any atom is -0.478 e. The zero-order valence-electron chi connectivity index (χ0n) is 9.98. The van der Waals surface area contributed by atoms with E-state index in [4.69, 9.17) is 5.11 Å². The Balaban J connectivity index is 2.24. The summed E-state index contributed by atoms with van der Waals surface area (Å²) in [7, 11) is 0. The first-order valence-electron chi connectivity index (χ1n) is 5.77. The fourth-order valence-electron chi connectivity index (χ4n) is 2.21. The lowest BCUT2D eigenvalue weighted by atomic mass is 10.0. The molecule has 3 nitrogen and oxygen atoms in total. The van der Waals surface area contributed by atoms with Crippen LogP contribution in [-0.4, -0.2) is 24.2 Å². The molecule has 0 saturated carbocycles. The maximum absolute atomic E-state index is 10.9. The summed E-state index contributed by atoms with van der Waals surface area (Å²) in [5.41, 5.74) is 1.41. The van der Waals surface area contributed by atoms with Gasteiger partial charge in [0.25, 0.3) is 0 Å². The van der Waals surface area contributed by atoms with Gasteiger partial charge in [-0.05, 0) is 46.0 Å². The van der Waals surface area contributed by atoms with Gasteiger partial charge < -0.3 is 10.0 Å². The van der Waals surface area contributed by atoms with Gasteiger partial charge in [-0.1, -0.05) is 13.8 Å². The molecule has 1 heterocycles. The van der Waals surface area contributed by atoms with Crippen LogP contribution >= 0.6 is 15.9 Å². The Bertz CT molecular complexity index is 437. The molecule has 0 spiro atoms. The summed E-state index contributed by atoms with van der Waals surface area (Å²) in [6.07, 6.45) is 0. The molecule has 0 aromatic heterocycles. The monoisotopic (exact) mass is 297 g/mol. The Morgan fingerprint density at radius 2 is 1.94 bits per heavy atom. The van der Waals surface area contributed by atoms with Crippen molar-refractivity contribution in [1.82, 2.24) is 0 Å². The fraction of sp³-hybridized carbons (Fsp3) is 0.462. The summed E-state index contributed by atoms with van der Waals surface area (Å²) in [5.74, 6) is 0.479. The molecule has 2 atom stereocenters. The zero-order chi connectivity index (χ0) is 12.6. The number of hydrogen-bond acceptors (Lipinski definition) is 2. The summed E-state index contributed by atoms with van der Waals surface area (Å²) in [6.45, 7) is 6.59. The van der Waals surface area contributed by atoms with Crippen LogP contribution in [0.3, 0.4) is 0 Å². The van der Waals surface area contributed by atoms with E-state index in [1.54, 1.807) is 6.07 Å². The topological polar surface area (TPSA) is 40.5 Å². The molecule has 0 radical (unpaired) electrons. The number of nitrogens with zero attached hydrogens (tertiary/aromatic N) is 1. The second-order valence-electron chi connectivity index (χ2n) is 4.83. The van der Waals surface area contributed by atoms with Crippen molar-refractivity contribution in [3.8, 4) is 0 Å². The number of carboxylic acids is 1. The molecule has 1 saturated heterocycles. The highest BCUT2D eigenvalue weighted by atomic mass is 79.9. The number of hydrogen-bond donors (Lipinski definition) is 1. The summed E-state index contributed by atoms with van der Waals surface area (Å²) >= 11 is 3.32. The van der Waals surface area contributed by atoms with E-state index in [1.807, 2.05) is 12.1 Å². The maximum Gasteiger partial charge on any atom is 0.336 e. The predicted molar refractivity (Wildman–Crippen MR) is 71.6 cm³/mol. The number of anilines is 1. The first-order chi connectivity index (χ1) is 7.99. The molecule has 1 aliphatic rings. The molecule has 1 aromatic carbocycles. The predicted octanol–water partition coefficient (Wildman–Crippen LogP) is 3.24. The van der Waals surface area contributed by atoms with Crippen LogP contribution in [0.4, 0.5) is 5.69 Å². The number of aromatic carboxylic acids is 1. The van der Waals surface area contributed by atoms with Crippen molar-refractivity contribution in [1.29, 1.82) is 0 Å². The SMILES string of the molecule is CC1CN(c2ccc(C(=O)O)c(Br)c2)CC1C. The third-order valence-electron chi connectivity index (χ3n) is 3.54. The number of rotatable bonds is 2. The standard InChI is InChI=1S/C13H16BrNO2/c1-8-6-15(7-9(8)2)10-3-4-11(13(16)17)12(14)5-10/h3-5,8-9H,6-7H2,1-2H3,(H,16,17). The van der Waals surface area contributed by atoms with E-state index in [1.165, 1.54) is 0 Å². The molecule has 1 N–H and O–H groups in total. The molecule has 92 valence electrons. The van der Waals surface area contributed by atoms with E-state index in [9.17, 15) is 4.79 Å². The van der Waals surface area contributed by atoms with Gasteiger partial charge >= 0.3 is 5.97 Å². The minimum atomic E-state index is -0.897. The van der Waals surface area contributed by atoms with Crippen molar-refractivity contribution in [2.75, 3.05) is 18.0 Å². The molecule has 2 rings (SSSR count). The summed E-state index contributed by atoms with van der Waals surface area (Å²) in [4.78, 5) is 13.2. The molecular formula is C13H16BrNO2. The molecule has 1 aliphatic heterocycles. The van der Waals surface area contributed by atoms with Crippen molar-refractivity contribution in [2.24, 2.45) is 11.8 Å². The van der Waals surface area contributed by atoms with Crippen molar-refractivity contribution in [3.05, 3.63) is 28.2 Å². The van der Waals surface area contributed by atoms with Gasteiger partial charge in [-0.2, -0.15) is 0 Å². The van der Waals surface area contributed by atoms with Gasteiger partial charge in [0.05, 0.1) is 5.56 Å². The third kappa shape index (κ3) is 2.46. The van der Waals surface area contributed by atoms with Crippen LogP contribution in [0.15, 0.2) is 22.7 Å². The average molecular weight is 298 g/mol. The second-order valence-corrected chi connectivity index (χ2v) is 5.68. The van der Waals surface area contributed by atoms with Gasteiger partial charge in [0, 0.05) is 23.2 Å². The van der Waals surface area contributed by atoms with Gasteiger partial charge in [0.15, 0.2) is 0 Å². The highest BCUT2D eigenvalue weighted by molar-refractivity contribution is 9.10. The van der Waals surface area contributed by atoms with Crippen LogP contribution in [0.2, 0.25) is 0 Å². The van der Waals surface area contributed by atoms with E-state index >= 15 is 0 Å². The molecule has 17 heavy (non-hydrogen) atoms. The number of halogens is 1. The average Bonchev–Trinajstić information content (AvgIpc) is 2.58. The van der Waals surface area contributed by atoms with E-state index in [0.29, 0.717) is 21.9 Å². The quantitative estimate of drug-likeness (QED) is 0.911. The number of benzene rings is 1. The smallest absolute Gasteiger partial charge is 0.336 e. The normalized spacial score (nSPS) is 24.1. The highest BCUT2D eigenvalue weighted by Crippen LogP contribution is 2.30. The van der Waals surface area contributed by atoms with Crippen molar-refractivity contribution in [2.45, 2.75) is 13.8 Å². The molecule has 0 amide bonds. The summed E-state index contributed by atoms with van der Waals surface area (Å²) in [5, 5.41) is 8.96. The molecule has 1 aromatic rings. The molecule has 0 aliphatic carbocycles. The van der Waals surface area contributed by atoms with Gasteiger partial charge in [0.1, 0.15) is 0 Å². The molecule has 0 bridgehead atoms. The lowest BCUT2D eigenvalue weighted by molar-refractivity contribution is 0.0696. The van der Waals surface area contributed by atoms with E-state index in [0.717, 1.165) is 18.8 Å². The van der Waals surface area contributed by atoms with Crippen LogP contribution in [0, 0.1) is 11.8 Å². The van der Waals surface area contributed by atoms with Crippen LogP contribution in [0.25, 0.3) is 0 Å². The molecule has 1 fully saturated rings. The van der Waals surface area contributed by atoms with Crippen molar-refractivity contribution < 1.29 is 9.90 Å². The Hall–Kier alpha value is -1.03. The Morgan fingerprint density at radius 3 is 2.41 bits per heavy atom. The van der Waals surface area contributed by atoms with Crippen molar-refractivity contribution in [3.63, 3.8) is 0 Å². The van der Waals surface area contributed by atoms with Gasteiger partial charge in [-0.25, -0.2) is 4.79 Å². The van der Waals surface area contributed by atoms with Gasteiger partial charge in [-0.15, -0.1) is 0 Å². The number of carboxylic acid groups (broad SMARTS) is 1. The van der Waals surface area contributed by atoms with Crippen LogP contribution in [0.1, 0.15) is 24.2 Å². The number of carbonyl (C=O) groups is 1. The first kappa shape index (κ1) is 12.4. The first-order valence-corrected chi connectivity index (χ1v) is 6.56. The molecule has 2 unspecified atom stereocenters. The zero-order valence-corrected chi connectivity index (χ0v) is 11.6. The van der Waals surface area contributed by atoms with Gasteiger partial charge in [-0.3, -0.25) is 0 Å². The van der Waals surface area contributed by atoms with E-state index in [2.05, 4.69) is 34.7 Å². The second kappa shape index (κ2) is 4.69. The summed E-state index contributed by atoms with van der Waals surface area (Å²) < 4.78 is 0.648. The largest absolute Gasteiger partial charge is 0.478 e. The summed E-state index contributed by atoms with van der Waals surface area (Å²) in [6, 6.07) is 5.45. The maximum atomic E-state index is 10.9. The fourth-order valence-corrected chi connectivity index (χ4v) is 2.75. The molecular weight excluding hydrogens is 282 g/mol. The lowest BCUT2D eigenvalue weighted by Gasteiger charge is -2.19. The van der Waals surface area contributed by atoms with Gasteiger partial charge in [0.2, 0.25) is 0 Å². The van der Waals surface area contributed by atoms with E-state index < -0.39 is 5.97 Å². The third-order valence-corrected chi connectivity index (χ3v) is 4.19. The van der Waals surface area contributed by atoms with E-state index in [-0.39, 0.29) is 0 Å². The Labute approximate surface area is 110 Å². The van der Waals surface area contributed by atoms with Crippen LogP contribution in [0.5, 0.6) is 0 Å². The lowest BCUT2D eigenvalue weighted by Crippen LogP contribution is -2.19. The Morgan fingerprint density at radius 1 is 1.35 bits per heavy atom. The Kier molecular flexibility index (Phi) is 3.43. The van der Waals surface area contributed by atoms with Crippen molar-refractivity contribution >= 4 is 27.6 Å². The molecule has 4 heteroatoms. The van der Waals surface area contributed by atoms with Crippen LogP contribution < -0.4 is 4.90 Å². The minimum absolute atomic E-state index is 0.314.